The van der Waals surface area contributed by atoms with Crippen LogP contribution >= 0.6 is 0 Å². The average Bonchev–Trinajstić information content (AvgIpc) is 3.17. The molecule has 1 aromatic heterocycles. The highest BCUT2D eigenvalue weighted by atomic mass is 19.1. The van der Waals surface area contributed by atoms with Crippen LogP contribution in [-0.2, 0) is 0 Å². The van der Waals surface area contributed by atoms with E-state index in [4.69, 9.17) is 15.2 Å². The number of aromatic nitrogens is 2. The fourth-order valence-electron chi connectivity index (χ4n) is 4.71. The van der Waals surface area contributed by atoms with Gasteiger partial charge in [-0.1, -0.05) is 24.3 Å². The maximum Gasteiger partial charge on any atom is 0.225 e. The number of halogens is 1. The fourth-order valence-corrected chi connectivity index (χ4v) is 4.71. The van der Waals surface area contributed by atoms with Crippen molar-refractivity contribution in [3.8, 4) is 28.5 Å². The lowest BCUT2D eigenvalue weighted by atomic mass is 9.92. The Hall–Kier alpha value is -3.30. The maximum atomic E-state index is 13.5. The largest absolute Gasteiger partial charge is 0.341 e. The molecule has 1 N–H and O–H groups in total. The molecule has 2 aromatic carbocycles. The molecule has 2 fully saturated rings. The summed E-state index contributed by atoms with van der Waals surface area (Å²) < 4.78 is 13.5. The molecule has 0 amide bonds. The third-order valence-electron chi connectivity index (χ3n) is 6.52. The van der Waals surface area contributed by atoms with Crippen LogP contribution in [0.25, 0.3) is 22.4 Å². The molecule has 6 heteroatoms. The average molecular weight is 414 g/mol. The van der Waals surface area contributed by atoms with Gasteiger partial charge in [-0.25, -0.2) is 14.4 Å². The van der Waals surface area contributed by atoms with Gasteiger partial charge in [0, 0.05) is 30.4 Å². The minimum absolute atomic E-state index is 0.272. The molecule has 3 heterocycles. The molecule has 0 aliphatic carbocycles. The highest BCUT2D eigenvalue weighted by molar-refractivity contribution is 5.81. The first-order chi connectivity index (χ1) is 15.2. The van der Waals surface area contributed by atoms with Crippen molar-refractivity contribution >= 4 is 5.95 Å². The lowest BCUT2D eigenvalue weighted by molar-refractivity contribution is 0.409. The van der Waals surface area contributed by atoms with Gasteiger partial charge in [0.1, 0.15) is 5.82 Å². The van der Waals surface area contributed by atoms with Crippen molar-refractivity contribution in [1.82, 2.24) is 15.3 Å². The van der Waals surface area contributed by atoms with Crippen LogP contribution < -0.4 is 10.2 Å². The number of rotatable bonds is 3. The summed E-state index contributed by atoms with van der Waals surface area (Å²) in [5.41, 5.74) is 4.03. The lowest BCUT2D eigenvalue weighted by Crippen LogP contribution is -2.27. The Bertz CT molecular complexity index is 1090. The maximum absolute atomic E-state index is 13.5. The molecule has 5 nitrogen and oxygen atoms in total. The molecule has 3 aromatic rings. The number of fused-ring (bicyclic) bond motifs is 1. The standard InChI is InChI=1S/C25H24FN5/c26-22-7-5-18(6-8-22)23-16-29-25(30-24(23)19-3-1-17(13-27)2-4-19)31-11-9-20-14-28-15-21(20)10-12-31/h1-8,16,20-21,28H,9-12,14-15H2/t20-,21?/m0/s1. The van der Waals surface area contributed by atoms with E-state index in [1.807, 2.05) is 18.3 Å². The summed E-state index contributed by atoms with van der Waals surface area (Å²) in [6, 6.07) is 16.0. The van der Waals surface area contributed by atoms with Gasteiger partial charge >= 0.3 is 0 Å². The first-order valence-corrected chi connectivity index (χ1v) is 10.8. The number of benzene rings is 2. The first-order valence-electron chi connectivity index (χ1n) is 10.8. The van der Waals surface area contributed by atoms with E-state index >= 15 is 0 Å². The second-order valence-electron chi connectivity index (χ2n) is 8.37. The van der Waals surface area contributed by atoms with Gasteiger partial charge in [-0.2, -0.15) is 5.26 Å². The van der Waals surface area contributed by atoms with Crippen molar-refractivity contribution in [3.05, 3.63) is 66.1 Å². The van der Waals surface area contributed by atoms with E-state index in [0.717, 1.165) is 79.2 Å². The Morgan fingerprint density at radius 1 is 0.935 bits per heavy atom. The quantitative estimate of drug-likeness (QED) is 0.695. The molecule has 31 heavy (non-hydrogen) atoms. The summed E-state index contributed by atoms with van der Waals surface area (Å²) in [6.07, 6.45) is 4.14. The van der Waals surface area contributed by atoms with Crippen molar-refractivity contribution in [2.24, 2.45) is 11.8 Å². The second-order valence-corrected chi connectivity index (χ2v) is 8.37. The van der Waals surface area contributed by atoms with Gasteiger partial charge in [0.05, 0.1) is 17.3 Å². The predicted octanol–water partition coefficient (Wildman–Crippen LogP) is 4.26. The number of nitriles is 1. The van der Waals surface area contributed by atoms with E-state index in [2.05, 4.69) is 16.3 Å². The van der Waals surface area contributed by atoms with Gasteiger partial charge < -0.3 is 10.2 Å². The van der Waals surface area contributed by atoms with Crippen molar-refractivity contribution in [2.75, 3.05) is 31.1 Å². The minimum Gasteiger partial charge on any atom is -0.341 e. The topological polar surface area (TPSA) is 64.8 Å². The Morgan fingerprint density at radius 2 is 1.58 bits per heavy atom. The number of hydrogen-bond acceptors (Lipinski definition) is 5. The number of nitrogens with zero attached hydrogens (tertiary/aromatic N) is 4. The lowest BCUT2D eigenvalue weighted by Gasteiger charge is -2.22. The molecule has 5 rings (SSSR count). The molecule has 2 saturated heterocycles. The van der Waals surface area contributed by atoms with Gasteiger partial charge in [0.15, 0.2) is 0 Å². The van der Waals surface area contributed by atoms with E-state index in [0.29, 0.717) is 5.56 Å². The third kappa shape index (κ3) is 4.01. The van der Waals surface area contributed by atoms with Crippen LogP contribution in [-0.4, -0.2) is 36.1 Å². The Morgan fingerprint density at radius 3 is 2.23 bits per heavy atom. The Kier molecular flexibility index (Phi) is 5.35. The van der Waals surface area contributed by atoms with E-state index < -0.39 is 0 Å². The Labute approximate surface area is 181 Å². The molecule has 2 aliphatic rings. The van der Waals surface area contributed by atoms with Crippen LogP contribution in [0, 0.1) is 29.0 Å². The molecule has 2 aliphatic heterocycles. The van der Waals surface area contributed by atoms with E-state index in [1.54, 1.807) is 24.3 Å². The van der Waals surface area contributed by atoms with Crippen molar-refractivity contribution in [2.45, 2.75) is 12.8 Å². The molecule has 1 unspecified atom stereocenters. The van der Waals surface area contributed by atoms with Gasteiger partial charge in [-0.15, -0.1) is 0 Å². The minimum atomic E-state index is -0.272. The molecule has 0 radical (unpaired) electrons. The van der Waals surface area contributed by atoms with Crippen LogP contribution in [0.15, 0.2) is 54.7 Å². The van der Waals surface area contributed by atoms with Gasteiger partial charge in [0.2, 0.25) is 5.95 Å². The molecular weight excluding hydrogens is 389 g/mol. The molecule has 0 saturated carbocycles. The van der Waals surface area contributed by atoms with Crippen LogP contribution in [0.5, 0.6) is 0 Å². The second kappa shape index (κ2) is 8.44. The third-order valence-corrected chi connectivity index (χ3v) is 6.52. The Balaban J connectivity index is 1.53. The highest BCUT2D eigenvalue weighted by Crippen LogP contribution is 2.33. The summed E-state index contributed by atoms with van der Waals surface area (Å²) in [7, 11) is 0. The molecule has 0 spiro atoms. The van der Waals surface area contributed by atoms with Crippen molar-refractivity contribution < 1.29 is 4.39 Å². The van der Waals surface area contributed by atoms with E-state index in [-0.39, 0.29) is 5.82 Å². The van der Waals surface area contributed by atoms with Gasteiger partial charge in [0.25, 0.3) is 0 Å². The zero-order valence-corrected chi connectivity index (χ0v) is 17.3. The SMILES string of the molecule is N#Cc1ccc(-c2nc(N3CCC4CNC[C@@H]4CC3)ncc2-c2ccc(F)cc2)cc1. The molecule has 2 atom stereocenters. The van der Waals surface area contributed by atoms with Crippen LogP contribution in [0.3, 0.4) is 0 Å². The summed E-state index contributed by atoms with van der Waals surface area (Å²) in [4.78, 5) is 12.0. The smallest absolute Gasteiger partial charge is 0.225 e. The van der Waals surface area contributed by atoms with Crippen LogP contribution in [0.1, 0.15) is 18.4 Å². The van der Waals surface area contributed by atoms with Crippen LogP contribution in [0.2, 0.25) is 0 Å². The monoisotopic (exact) mass is 413 g/mol. The zero-order valence-electron chi connectivity index (χ0n) is 17.3. The van der Waals surface area contributed by atoms with Crippen molar-refractivity contribution in [3.63, 3.8) is 0 Å². The normalized spacial score (nSPS) is 20.7. The van der Waals surface area contributed by atoms with Gasteiger partial charge in [-0.05, 0) is 67.6 Å². The number of anilines is 1. The van der Waals surface area contributed by atoms with Gasteiger partial charge in [-0.3, -0.25) is 0 Å². The van der Waals surface area contributed by atoms with E-state index in [1.165, 1.54) is 12.1 Å². The van der Waals surface area contributed by atoms with Crippen molar-refractivity contribution in [1.29, 1.82) is 5.26 Å². The van der Waals surface area contributed by atoms with Crippen LogP contribution in [0.4, 0.5) is 10.3 Å². The molecule has 0 bridgehead atoms. The highest BCUT2D eigenvalue weighted by Gasteiger charge is 2.31. The summed E-state index contributed by atoms with van der Waals surface area (Å²) in [6.45, 7) is 4.12. The first kappa shape index (κ1) is 19.7. The number of nitrogens with one attached hydrogen (secondary N) is 1. The summed E-state index contributed by atoms with van der Waals surface area (Å²) in [5.74, 6) is 1.94. The number of hydrogen-bond donors (Lipinski definition) is 1. The van der Waals surface area contributed by atoms with E-state index in [9.17, 15) is 4.39 Å². The summed E-state index contributed by atoms with van der Waals surface area (Å²) >= 11 is 0. The zero-order chi connectivity index (χ0) is 21.2. The molecule has 156 valence electrons. The fraction of sp³-hybridized carbons (Fsp3) is 0.320. The predicted molar refractivity (Wildman–Crippen MR) is 119 cm³/mol. The molecular formula is C25H24FN5. The summed E-state index contributed by atoms with van der Waals surface area (Å²) in [5, 5.41) is 12.7.